The summed E-state index contributed by atoms with van der Waals surface area (Å²) in [5.74, 6) is -0.752. The van der Waals surface area contributed by atoms with Crippen molar-refractivity contribution < 1.29 is 24.2 Å². The molecular weight excluding hydrogens is 506 g/mol. The van der Waals surface area contributed by atoms with E-state index in [4.69, 9.17) is 4.74 Å². The van der Waals surface area contributed by atoms with Gasteiger partial charge in [-0.25, -0.2) is 4.79 Å². The van der Waals surface area contributed by atoms with Crippen LogP contribution >= 0.6 is 0 Å². The lowest BCUT2D eigenvalue weighted by Gasteiger charge is -2.34. The number of aliphatic hydroxyl groups excluding tert-OH is 1. The van der Waals surface area contributed by atoms with Gasteiger partial charge >= 0.3 is 6.09 Å². The van der Waals surface area contributed by atoms with E-state index in [2.05, 4.69) is 17.6 Å². The molecule has 4 atom stereocenters. The van der Waals surface area contributed by atoms with Crippen LogP contribution in [-0.2, 0) is 20.7 Å². The molecule has 0 bridgehead atoms. The number of carbonyl (C=O) groups is 3. The summed E-state index contributed by atoms with van der Waals surface area (Å²) in [6.07, 6.45) is 0.736. The normalized spacial score (nSPS) is 17.9. The predicted octanol–water partition coefficient (Wildman–Crippen LogP) is 5.20. The van der Waals surface area contributed by atoms with Gasteiger partial charge in [0, 0.05) is 11.7 Å². The number of alkyl carbamates (subject to hydrolysis) is 1. The largest absolute Gasteiger partial charge is 0.444 e. The molecule has 3 aromatic carbocycles. The summed E-state index contributed by atoms with van der Waals surface area (Å²) in [5, 5.41) is 17.7. The Morgan fingerprint density at radius 3 is 2.25 bits per heavy atom. The van der Waals surface area contributed by atoms with Gasteiger partial charge < -0.3 is 25.4 Å². The summed E-state index contributed by atoms with van der Waals surface area (Å²) in [7, 11) is 0. The van der Waals surface area contributed by atoms with E-state index < -0.39 is 36.3 Å². The fourth-order valence-corrected chi connectivity index (χ4v) is 4.84. The zero-order valence-corrected chi connectivity index (χ0v) is 23.8. The second-order valence-electron chi connectivity index (χ2n) is 11.5. The maximum Gasteiger partial charge on any atom is 0.408 e. The number of carbonyl (C=O) groups excluding carboxylic acids is 3. The molecule has 4 unspecified atom stereocenters. The first-order valence-electron chi connectivity index (χ1n) is 13.8. The van der Waals surface area contributed by atoms with E-state index in [-0.39, 0.29) is 17.9 Å². The van der Waals surface area contributed by atoms with E-state index in [0.717, 1.165) is 22.8 Å². The number of fused-ring (bicyclic) bond motifs is 1. The van der Waals surface area contributed by atoms with Gasteiger partial charge in [-0.2, -0.15) is 0 Å². The van der Waals surface area contributed by atoms with Gasteiger partial charge in [-0.1, -0.05) is 68.4 Å². The Morgan fingerprint density at radius 2 is 1.68 bits per heavy atom. The molecule has 4 rings (SSSR count). The first-order chi connectivity index (χ1) is 19.0. The quantitative estimate of drug-likeness (QED) is 0.342. The molecule has 3 N–H and O–H groups in total. The van der Waals surface area contributed by atoms with Crippen LogP contribution in [0.4, 0.5) is 10.5 Å². The number of ether oxygens (including phenoxy) is 1. The minimum Gasteiger partial charge on any atom is -0.444 e. The van der Waals surface area contributed by atoms with Crippen LogP contribution in [0.25, 0.3) is 10.8 Å². The molecule has 1 aliphatic carbocycles. The lowest BCUT2D eigenvalue weighted by molar-refractivity contribution is -0.142. The molecule has 8 nitrogen and oxygen atoms in total. The van der Waals surface area contributed by atoms with Crippen LogP contribution in [-0.4, -0.2) is 52.2 Å². The number of rotatable bonds is 9. The van der Waals surface area contributed by atoms with Gasteiger partial charge in [-0.05, 0) is 73.6 Å². The molecule has 8 heteroatoms. The molecule has 212 valence electrons. The average Bonchev–Trinajstić information content (AvgIpc) is 3.64. The van der Waals surface area contributed by atoms with Gasteiger partial charge in [-0.15, -0.1) is 0 Å². The van der Waals surface area contributed by atoms with Gasteiger partial charge in [0.2, 0.25) is 5.91 Å². The van der Waals surface area contributed by atoms with Crippen molar-refractivity contribution >= 4 is 34.4 Å². The van der Waals surface area contributed by atoms with Gasteiger partial charge in [-0.3, -0.25) is 9.59 Å². The number of benzene rings is 3. The number of aryl methyl sites for hydroxylation is 1. The lowest BCUT2D eigenvalue weighted by Crippen LogP contribution is -2.54. The molecule has 0 radical (unpaired) electrons. The third-order valence-corrected chi connectivity index (χ3v) is 7.10. The standard InChI is InChI=1S/C32H39N3O5/c1-6-21-11-13-23(14-12-21)28(29(37)33-25-16-15-22-9-7-8-10-24(22)18-25)35(27-17-20(27)2)30(38)26(19-36)34-31(39)40-32(3,4)5/h7-16,18,20,26-28,36H,6,17,19H2,1-5H3,(H,33,37)(H,34,39). The Morgan fingerprint density at radius 1 is 1.02 bits per heavy atom. The highest BCUT2D eigenvalue weighted by Gasteiger charge is 2.48. The fraction of sp³-hybridized carbons (Fsp3) is 0.406. The molecule has 0 aromatic heterocycles. The van der Waals surface area contributed by atoms with Crippen molar-refractivity contribution in [3.05, 3.63) is 77.9 Å². The van der Waals surface area contributed by atoms with E-state index in [0.29, 0.717) is 17.7 Å². The van der Waals surface area contributed by atoms with Crippen LogP contribution in [0.15, 0.2) is 66.7 Å². The second-order valence-corrected chi connectivity index (χ2v) is 11.5. The summed E-state index contributed by atoms with van der Waals surface area (Å²) < 4.78 is 5.32. The Bertz CT molecular complexity index is 1360. The number of anilines is 1. The Labute approximate surface area is 235 Å². The summed E-state index contributed by atoms with van der Waals surface area (Å²) >= 11 is 0. The van der Waals surface area contributed by atoms with E-state index in [9.17, 15) is 19.5 Å². The van der Waals surface area contributed by atoms with E-state index in [1.165, 1.54) is 4.90 Å². The van der Waals surface area contributed by atoms with Crippen LogP contribution in [0.5, 0.6) is 0 Å². The van der Waals surface area contributed by atoms with Crippen LogP contribution in [0.2, 0.25) is 0 Å². The zero-order chi connectivity index (χ0) is 29.0. The maximum atomic E-state index is 14.0. The first-order valence-corrected chi connectivity index (χ1v) is 13.8. The van der Waals surface area contributed by atoms with Crippen LogP contribution in [0.3, 0.4) is 0 Å². The predicted molar refractivity (Wildman–Crippen MR) is 156 cm³/mol. The zero-order valence-electron chi connectivity index (χ0n) is 23.8. The maximum absolute atomic E-state index is 14.0. The minimum absolute atomic E-state index is 0.163. The number of amides is 3. The van der Waals surface area contributed by atoms with Crippen molar-refractivity contribution in [3.63, 3.8) is 0 Å². The van der Waals surface area contributed by atoms with Gasteiger partial charge in [0.1, 0.15) is 17.7 Å². The number of nitrogens with zero attached hydrogens (tertiary/aromatic N) is 1. The molecule has 0 heterocycles. The number of aliphatic hydroxyl groups is 1. The highest BCUT2D eigenvalue weighted by Crippen LogP contribution is 2.41. The fourth-order valence-electron chi connectivity index (χ4n) is 4.84. The first kappa shape index (κ1) is 29.1. The van der Waals surface area contributed by atoms with E-state index in [1.54, 1.807) is 20.8 Å². The molecule has 3 amide bonds. The topological polar surface area (TPSA) is 108 Å². The molecule has 1 fully saturated rings. The summed E-state index contributed by atoms with van der Waals surface area (Å²) in [5.41, 5.74) is 1.59. The third kappa shape index (κ3) is 6.99. The molecule has 0 saturated heterocycles. The van der Waals surface area contributed by atoms with Crippen molar-refractivity contribution in [1.29, 1.82) is 0 Å². The molecule has 1 saturated carbocycles. The summed E-state index contributed by atoms with van der Waals surface area (Å²) in [6.45, 7) is 8.58. The van der Waals surface area contributed by atoms with Crippen molar-refractivity contribution in [2.45, 2.75) is 71.2 Å². The van der Waals surface area contributed by atoms with Gasteiger partial charge in [0.15, 0.2) is 0 Å². The van der Waals surface area contributed by atoms with E-state index >= 15 is 0 Å². The highest BCUT2D eigenvalue weighted by molar-refractivity contribution is 6.00. The van der Waals surface area contributed by atoms with Crippen LogP contribution in [0.1, 0.15) is 58.2 Å². The third-order valence-electron chi connectivity index (χ3n) is 7.10. The highest BCUT2D eigenvalue weighted by atomic mass is 16.6. The van der Waals surface area contributed by atoms with E-state index in [1.807, 2.05) is 73.7 Å². The molecule has 40 heavy (non-hydrogen) atoms. The molecule has 0 aliphatic heterocycles. The second kappa shape index (κ2) is 12.1. The van der Waals surface area contributed by atoms with Crippen LogP contribution < -0.4 is 10.6 Å². The molecule has 1 aliphatic rings. The SMILES string of the molecule is CCc1ccc(C(C(=O)Nc2ccc3ccccc3c2)N(C(=O)C(CO)NC(=O)OC(C)(C)C)C2CC2C)cc1. The van der Waals surface area contributed by atoms with Crippen molar-refractivity contribution in [2.24, 2.45) is 5.92 Å². The Balaban J connectivity index is 1.69. The Hall–Kier alpha value is -3.91. The smallest absolute Gasteiger partial charge is 0.408 e. The molecule has 0 spiro atoms. The van der Waals surface area contributed by atoms with Gasteiger partial charge in [0.25, 0.3) is 5.91 Å². The van der Waals surface area contributed by atoms with Crippen molar-refractivity contribution in [3.8, 4) is 0 Å². The van der Waals surface area contributed by atoms with Crippen molar-refractivity contribution in [1.82, 2.24) is 10.2 Å². The van der Waals surface area contributed by atoms with Crippen LogP contribution in [0, 0.1) is 5.92 Å². The summed E-state index contributed by atoms with van der Waals surface area (Å²) in [4.78, 5) is 42.0. The van der Waals surface area contributed by atoms with Gasteiger partial charge in [0.05, 0.1) is 6.61 Å². The average molecular weight is 546 g/mol. The number of nitrogens with one attached hydrogen (secondary N) is 2. The van der Waals surface area contributed by atoms with Crippen molar-refractivity contribution in [2.75, 3.05) is 11.9 Å². The number of hydrogen-bond acceptors (Lipinski definition) is 5. The number of hydrogen-bond donors (Lipinski definition) is 3. The lowest BCUT2D eigenvalue weighted by atomic mass is 10.00. The molecular formula is C32H39N3O5. The Kier molecular flexibility index (Phi) is 8.79. The summed E-state index contributed by atoms with van der Waals surface area (Å²) in [6, 6.07) is 18.7. The molecule has 3 aromatic rings. The minimum atomic E-state index is -1.27. The monoisotopic (exact) mass is 545 g/mol.